The Labute approximate surface area is 160 Å². The number of nitrogens with one attached hydrogen (secondary N) is 1. The van der Waals surface area contributed by atoms with E-state index in [-0.39, 0.29) is 0 Å². The molecule has 1 amide bonds. The lowest BCUT2D eigenvalue weighted by Crippen LogP contribution is -2.49. The van der Waals surface area contributed by atoms with Crippen LogP contribution in [0.5, 0.6) is 0 Å². The Morgan fingerprint density at radius 3 is 2.67 bits per heavy atom. The second-order valence-electron chi connectivity index (χ2n) is 7.37. The Hall–Kier alpha value is -2.47. The summed E-state index contributed by atoms with van der Waals surface area (Å²) in [6.45, 7) is 5.35. The van der Waals surface area contributed by atoms with Crippen molar-refractivity contribution in [2.24, 2.45) is 5.92 Å². The van der Waals surface area contributed by atoms with Crippen LogP contribution in [0.3, 0.4) is 0 Å². The van der Waals surface area contributed by atoms with Crippen molar-refractivity contribution in [3.05, 3.63) is 42.6 Å². The second kappa shape index (κ2) is 8.48. The van der Waals surface area contributed by atoms with Crippen LogP contribution >= 0.6 is 0 Å². The van der Waals surface area contributed by atoms with Gasteiger partial charge < -0.3 is 15.1 Å². The number of amides is 1. The lowest BCUT2D eigenvalue weighted by atomic mass is 10.0. The SMILES string of the molecule is O=C(CCC1CCNC1)N1CCN(c2ccnc(-c3ccccc3)n2)CC1. The van der Waals surface area contributed by atoms with Gasteiger partial charge in [0.1, 0.15) is 5.82 Å². The molecular formula is C21H27N5O. The summed E-state index contributed by atoms with van der Waals surface area (Å²) >= 11 is 0. The van der Waals surface area contributed by atoms with Crippen LogP contribution in [0.25, 0.3) is 11.4 Å². The molecule has 1 aromatic heterocycles. The zero-order valence-electron chi connectivity index (χ0n) is 15.7. The quantitative estimate of drug-likeness (QED) is 0.880. The van der Waals surface area contributed by atoms with Crippen LogP contribution in [0.2, 0.25) is 0 Å². The van der Waals surface area contributed by atoms with E-state index in [4.69, 9.17) is 4.98 Å². The first-order valence-electron chi connectivity index (χ1n) is 9.91. The van der Waals surface area contributed by atoms with Gasteiger partial charge in [0.15, 0.2) is 5.82 Å². The molecule has 2 saturated heterocycles. The molecule has 6 heteroatoms. The summed E-state index contributed by atoms with van der Waals surface area (Å²) in [5, 5.41) is 3.37. The van der Waals surface area contributed by atoms with Crippen molar-refractivity contribution in [3.63, 3.8) is 0 Å². The highest BCUT2D eigenvalue weighted by Gasteiger charge is 2.23. The normalized spacial score (nSPS) is 20.1. The topological polar surface area (TPSA) is 61.4 Å². The molecule has 0 spiro atoms. The number of rotatable bonds is 5. The van der Waals surface area contributed by atoms with Gasteiger partial charge in [-0.05, 0) is 37.9 Å². The Bertz CT molecular complexity index is 752. The summed E-state index contributed by atoms with van der Waals surface area (Å²) in [7, 11) is 0. The van der Waals surface area contributed by atoms with E-state index in [1.54, 1.807) is 0 Å². The number of hydrogen-bond donors (Lipinski definition) is 1. The van der Waals surface area contributed by atoms with Crippen molar-refractivity contribution in [3.8, 4) is 11.4 Å². The van der Waals surface area contributed by atoms with Crippen LogP contribution in [0.1, 0.15) is 19.3 Å². The van der Waals surface area contributed by atoms with Gasteiger partial charge in [0, 0.05) is 44.4 Å². The fraction of sp³-hybridized carbons (Fsp3) is 0.476. The summed E-state index contributed by atoms with van der Waals surface area (Å²) in [6, 6.07) is 12.0. The van der Waals surface area contributed by atoms with E-state index in [1.165, 1.54) is 6.42 Å². The van der Waals surface area contributed by atoms with Crippen molar-refractivity contribution in [1.82, 2.24) is 20.2 Å². The van der Waals surface area contributed by atoms with Crippen molar-refractivity contribution in [1.29, 1.82) is 0 Å². The number of aromatic nitrogens is 2. The van der Waals surface area contributed by atoms with E-state index in [2.05, 4.69) is 15.2 Å². The highest BCUT2D eigenvalue weighted by molar-refractivity contribution is 5.76. The lowest BCUT2D eigenvalue weighted by molar-refractivity contribution is -0.131. The van der Waals surface area contributed by atoms with Gasteiger partial charge in [0.05, 0.1) is 0 Å². The largest absolute Gasteiger partial charge is 0.353 e. The number of carbonyl (C=O) groups excluding carboxylic acids is 1. The van der Waals surface area contributed by atoms with Crippen molar-refractivity contribution < 1.29 is 4.79 Å². The lowest BCUT2D eigenvalue weighted by Gasteiger charge is -2.35. The van der Waals surface area contributed by atoms with Crippen LogP contribution in [0.4, 0.5) is 5.82 Å². The molecule has 2 fully saturated rings. The first-order chi connectivity index (χ1) is 13.3. The number of piperazine rings is 1. The van der Waals surface area contributed by atoms with E-state index in [0.29, 0.717) is 18.2 Å². The van der Waals surface area contributed by atoms with Gasteiger partial charge in [0.25, 0.3) is 0 Å². The van der Waals surface area contributed by atoms with Gasteiger partial charge in [-0.1, -0.05) is 30.3 Å². The summed E-state index contributed by atoms with van der Waals surface area (Å²) in [6.07, 6.45) is 4.72. The zero-order valence-corrected chi connectivity index (χ0v) is 15.7. The minimum absolute atomic E-state index is 0.300. The first-order valence-corrected chi connectivity index (χ1v) is 9.91. The molecule has 2 aromatic rings. The summed E-state index contributed by atoms with van der Waals surface area (Å²) in [5.74, 6) is 2.66. The molecule has 0 radical (unpaired) electrons. The van der Waals surface area contributed by atoms with Crippen molar-refractivity contribution >= 4 is 11.7 Å². The molecular weight excluding hydrogens is 338 g/mol. The van der Waals surface area contributed by atoms with Gasteiger partial charge in [-0.15, -0.1) is 0 Å². The van der Waals surface area contributed by atoms with Crippen molar-refractivity contribution in [2.75, 3.05) is 44.2 Å². The molecule has 6 nitrogen and oxygen atoms in total. The molecule has 0 aliphatic carbocycles. The van der Waals surface area contributed by atoms with Crippen LogP contribution < -0.4 is 10.2 Å². The van der Waals surface area contributed by atoms with E-state index in [0.717, 1.165) is 62.9 Å². The number of anilines is 1. The third kappa shape index (κ3) is 4.45. The van der Waals surface area contributed by atoms with Gasteiger partial charge >= 0.3 is 0 Å². The fourth-order valence-electron chi connectivity index (χ4n) is 3.88. The van der Waals surface area contributed by atoms with Gasteiger partial charge in [-0.3, -0.25) is 4.79 Å². The van der Waals surface area contributed by atoms with E-state index in [9.17, 15) is 4.79 Å². The maximum absolute atomic E-state index is 12.5. The van der Waals surface area contributed by atoms with Crippen LogP contribution in [-0.4, -0.2) is 60.0 Å². The molecule has 1 N–H and O–H groups in total. The minimum Gasteiger partial charge on any atom is -0.353 e. The standard InChI is InChI=1S/C21H27N5O/c27-20(7-6-17-8-10-22-16-17)26-14-12-25(13-15-26)19-9-11-23-21(24-19)18-4-2-1-3-5-18/h1-5,9,11,17,22H,6-8,10,12-16H2. The minimum atomic E-state index is 0.300. The highest BCUT2D eigenvalue weighted by atomic mass is 16.2. The Kier molecular flexibility index (Phi) is 5.63. The van der Waals surface area contributed by atoms with E-state index >= 15 is 0 Å². The second-order valence-corrected chi connectivity index (χ2v) is 7.37. The van der Waals surface area contributed by atoms with Crippen LogP contribution in [0.15, 0.2) is 42.6 Å². The van der Waals surface area contributed by atoms with Crippen LogP contribution in [-0.2, 0) is 4.79 Å². The molecule has 0 saturated carbocycles. The fourth-order valence-corrected chi connectivity index (χ4v) is 3.88. The molecule has 2 aliphatic heterocycles. The Morgan fingerprint density at radius 1 is 1.11 bits per heavy atom. The van der Waals surface area contributed by atoms with E-state index in [1.807, 2.05) is 47.5 Å². The molecule has 27 heavy (non-hydrogen) atoms. The maximum Gasteiger partial charge on any atom is 0.222 e. The molecule has 1 aromatic carbocycles. The first kappa shape index (κ1) is 17.9. The predicted molar refractivity (Wildman–Crippen MR) is 106 cm³/mol. The molecule has 1 unspecified atom stereocenters. The average Bonchev–Trinajstić information content (AvgIpc) is 3.27. The molecule has 3 heterocycles. The molecule has 4 rings (SSSR count). The Balaban J connectivity index is 1.32. The van der Waals surface area contributed by atoms with Gasteiger partial charge in [-0.25, -0.2) is 9.97 Å². The molecule has 142 valence electrons. The smallest absolute Gasteiger partial charge is 0.222 e. The zero-order chi connectivity index (χ0) is 18.5. The summed E-state index contributed by atoms with van der Waals surface area (Å²) < 4.78 is 0. The average molecular weight is 365 g/mol. The third-order valence-corrected chi connectivity index (χ3v) is 5.56. The summed E-state index contributed by atoms with van der Waals surface area (Å²) in [4.78, 5) is 25.9. The number of carbonyl (C=O) groups is 1. The maximum atomic E-state index is 12.5. The predicted octanol–water partition coefficient (Wildman–Crippen LogP) is 2.18. The van der Waals surface area contributed by atoms with Crippen molar-refractivity contribution in [2.45, 2.75) is 19.3 Å². The van der Waals surface area contributed by atoms with Gasteiger partial charge in [0.2, 0.25) is 5.91 Å². The Morgan fingerprint density at radius 2 is 1.93 bits per heavy atom. The highest BCUT2D eigenvalue weighted by Crippen LogP contribution is 2.20. The monoisotopic (exact) mass is 365 g/mol. The third-order valence-electron chi connectivity index (χ3n) is 5.56. The summed E-state index contributed by atoms with van der Waals surface area (Å²) in [5.41, 5.74) is 1.02. The molecule has 2 aliphatic rings. The molecule has 1 atom stereocenters. The number of nitrogens with zero attached hydrogens (tertiary/aromatic N) is 4. The van der Waals surface area contributed by atoms with E-state index < -0.39 is 0 Å². The molecule has 0 bridgehead atoms. The van der Waals surface area contributed by atoms with Gasteiger partial charge in [-0.2, -0.15) is 0 Å². The number of benzene rings is 1. The number of hydrogen-bond acceptors (Lipinski definition) is 5. The van der Waals surface area contributed by atoms with Crippen LogP contribution in [0, 0.1) is 5.92 Å².